The summed E-state index contributed by atoms with van der Waals surface area (Å²) >= 11 is 1.46. The van der Waals surface area contributed by atoms with E-state index < -0.39 is 0 Å². The average molecular weight is 340 g/mol. The molecule has 3 aromatic rings. The second kappa shape index (κ2) is 5.32. The number of nitro benzene ring substituents is 1. The van der Waals surface area contributed by atoms with Crippen molar-refractivity contribution in [2.24, 2.45) is 5.73 Å². The molecule has 1 aliphatic rings. The second-order valence-corrected chi connectivity index (χ2v) is 6.92. The molecule has 0 saturated heterocycles. The van der Waals surface area contributed by atoms with E-state index in [9.17, 15) is 10.1 Å². The first-order valence-electron chi connectivity index (χ1n) is 7.70. The van der Waals surface area contributed by atoms with Crippen LogP contribution >= 0.6 is 11.8 Å². The molecular weight excluding hydrogens is 324 g/mol. The van der Waals surface area contributed by atoms with Gasteiger partial charge in [-0.25, -0.2) is 0 Å². The molecule has 0 bridgehead atoms. The molecule has 24 heavy (non-hydrogen) atoms. The Morgan fingerprint density at radius 1 is 1.29 bits per heavy atom. The summed E-state index contributed by atoms with van der Waals surface area (Å²) in [6.45, 7) is 4.78. The van der Waals surface area contributed by atoms with Gasteiger partial charge in [0.15, 0.2) is 0 Å². The minimum absolute atomic E-state index is 0.188. The van der Waals surface area contributed by atoms with E-state index >= 15 is 0 Å². The zero-order valence-electron chi connectivity index (χ0n) is 13.4. The van der Waals surface area contributed by atoms with Crippen molar-refractivity contribution in [1.82, 2.24) is 9.78 Å². The maximum absolute atomic E-state index is 11.7. The summed E-state index contributed by atoms with van der Waals surface area (Å²) in [4.78, 5) is 13.1. The number of nitrogens with two attached hydrogens (primary N) is 1. The van der Waals surface area contributed by atoms with Gasteiger partial charge < -0.3 is 5.73 Å². The van der Waals surface area contributed by atoms with Gasteiger partial charge in [-0.3, -0.25) is 14.8 Å². The topological polar surface area (TPSA) is 87.0 Å². The Balaban J connectivity index is 2.21. The van der Waals surface area contributed by atoms with Gasteiger partial charge in [-0.2, -0.15) is 5.10 Å². The summed E-state index contributed by atoms with van der Waals surface area (Å²) < 4.78 is 1.89. The molecule has 6 nitrogen and oxygen atoms in total. The van der Waals surface area contributed by atoms with Crippen molar-refractivity contribution < 1.29 is 4.92 Å². The molecule has 2 heterocycles. The molecule has 0 fully saturated rings. The van der Waals surface area contributed by atoms with Crippen LogP contribution in [0.3, 0.4) is 0 Å². The number of hydrogen-bond donors (Lipinski definition) is 1. The Morgan fingerprint density at radius 3 is 2.75 bits per heavy atom. The van der Waals surface area contributed by atoms with E-state index in [4.69, 9.17) is 10.8 Å². The molecule has 0 saturated carbocycles. The highest BCUT2D eigenvalue weighted by molar-refractivity contribution is 8.00. The van der Waals surface area contributed by atoms with Gasteiger partial charge in [-0.15, -0.1) is 0 Å². The van der Waals surface area contributed by atoms with E-state index in [0.29, 0.717) is 23.5 Å². The summed E-state index contributed by atoms with van der Waals surface area (Å²) in [6.07, 6.45) is 0. The summed E-state index contributed by atoms with van der Waals surface area (Å²) in [5.74, 6) is 0. The second-order valence-electron chi connectivity index (χ2n) is 5.87. The third kappa shape index (κ3) is 1.91. The predicted molar refractivity (Wildman–Crippen MR) is 94.5 cm³/mol. The lowest BCUT2D eigenvalue weighted by molar-refractivity contribution is -0.388. The van der Waals surface area contributed by atoms with Crippen LogP contribution in [0.2, 0.25) is 0 Å². The quantitative estimate of drug-likeness (QED) is 0.454. The molecular formula is C17H16N4O2S. The molecule has 0 amide bonds. The van der Waals surface area contributed by atoms with Crippen LogP contribution < -0.4 is 5.73 Å². The SMILES string of the molecule is Cc1c([N+](=O)[O-])c2c3c(nn(CCN)c3c1C)-c1ccccc1S2. The van der Waals surface area contributed by atoms with Crippen LogP contribution in [0.5, 0.6) is 0 Å². The first-order chi connectivity index (χ1) is 11.5. The van der Waals surface area contributed by atoms with Gasteiger partial charge in [-0.1, -0.05) is 30.0 Å². The third-order valence-corrected chi connectivity index (χ3v) is 5.72. The molecule has 0 aliphatic carbocycles. The van der Waals surface area contributed by atoms with Gasteiger partial charge in [0.1, 0.15) is 10.6 Å². The van der Waals surface area contributed by atoms with Crippen molar-refractivity contribution in [2.45, 2.75) is 30.2 Å². The van der Waals surface area contributed by atoms with Gasteiger partial charge in [0.25, 0.3) is 5.69 Å². The molecule has 0 unspecified atom stereocenters. The maximum Gasteiger partial charge on any atom is 0.287 e. The Hall–Kier alpha value is -2.38. The lowest BCUT2D eigenvalue weighted by Gasteiger charge is -2.17. The Bertz CT molecular complexity index is 1010. The number of aryl methyl sites for hydroxylation is 1. The van der Waals surface area contributed by atoms with Gasteiger partial charge in [-0.05, 0) is 25.5 Å². The van der Waals surface area contributed by atoms with Gasteiger partial charge in [0.05, 0.1) is 17.0 Å². The van der Waals surface area contributed by atoms with Crippen molar-refractivity contribution in [2.75, 3.05) is 6.54 Å². The Labute approximate surface area is 142 Å². The summed E-state index contributed by atoms with van der Waals surface area (Å²) in [5.41, 5.74) is 10.3. The number of fused-ring (bicyclic) bond motifs is 2. The highest BCUT2D eigenvalue weighted by atomic mass is 32.2. The number of nitro groups is 1. The largest absolute Gasteiger partial charge is 0.329 e. The molecule has 1 aliphatic heterocycles. The predicted octanol–water partition coefficient (Wildman–Crippen LogP) is 3.65. The third-order valence-electron chi connectivity index (χ3n) is 4.55. The van der Waals surface area contributed by atoms with Crippen molar-refractivity contribution in [3.8, 4) is 11.3 Å². The van der Waals surface area contributed by atoms with Gasteiger partial charge in [0.2, 0.25) is 0 Å². The molecule has 2 aromatic carbocycles. The normalized spacial score (nSPS) is 12.5. The van der Waals surface area contributed by atoms with Gasteiger partial charge in [0, 0.05) is 28.0 Å². The average Bonchev–Trinajstić information content (AvgIpc) is 2.93. The Morgan fingerprint density at radius 2 is 2.04 bits per heavy atom. The van der Waals surface area contributed by atoms with E-state index in [1.807, 2.05) is 42.8 Å². The van der Waals surface area contributed by atoms with Crippen LogP contribution in [-0.4, -0.2) is 21.2 Å². The standard InChI is InChI=1S/C17H16N4O2S/c1-9-10(2)16(21(22)23)17-13-14(19-20(8-7-18)15(9)13)11-5-3-4-6-12(11)24-17/h3-6H,7-8,18H2,1-2H3. The first-order valence-corrected chi connectivity index (χ1v) is 8.51. The van der Waals surface area contributed by atoms with Crippen LogP contribution in [-0.2, 0) is 6.54 Å². The van der Waals surface area contributed by atoms with Crippen molar-refractivity contribution >= 4 is 28.4 Å². The van der Waals surface area contributed by atoms with Crippen molar-refractivity contribution in [3.05, 3.63) is 45.5 Å². The van der Waals surface area contributed by atoms with Crippen molar-refractivity contribution in [1.29, 1.82) is 0 Å². The first kappa shape index (κ1) is 15.2. The van der Waals surface area contributed by atoms with E-state index in [1.165, 1.54) is 11.8 Å². The van der Waals surface area contributed by atoms with Crippen LogP contribution in [0, 0.1) is 24.0 Å². The highest BCUT2D eigenvalue weighted by Gasteiger charge is 2.33. The zero-order valence-corrected chi connectivity index (χ0v) is 14.2. The summed E-state index contributed by atoms with van der Waals surface area (Å²) in [7, 11) is 0. The molecule has 122 valence electrons. The molecule has 1 aromatic heterocycles. The van der Waals surface area contributed by atoms with Crippen LogP contribution in [0.1, 0.15) is 11.1 Å². The fourth-order valence-electron chi connectivity index (χ4n) is 3.36. The van der Waals surface area contributed by atoms with E-state index in [0.717, 1.165) is 32.6 Å². The molecule has 0 radical (unpaired) electrons. The maximum atomic E-state index is 11.7. The fourth-order valence-corrected chi connectivity index (χ4v) is 4.62. The molecule has 2 N–H and O–H groups in total. The highest BCUT2D eigenvalue weighted by Crippen LogP contribution is 2.52. The molecule has 7 heteroatoms. The number of benzene rings is 2. The lowest BCUT2D eigenvalue weighted by atomic mass is 10.00. The van der Waals surface area contributed by atoms with E-state index in [-0.39, 0.29) is 10.6 Å². The molecule has 0 atom stereocenters. The van der Waals surface area contributed by atoms with Crippen molar-refractivity contribution in [3.63, 3.8) is 0 Å². The summed E-state index contributed by atoms with van der Waals surface area (Å²) in [5, 5.41) is 17.4. The minimum atomic E-state index is -0.276. The molecule has 4 rings (SSSR count). The number of aromatic nitrogens is 2. The van der Waals surface area contributed by atoms with E-state index in [1.54, 1.807) is 0 Å². The monoisotopic (exact) mass is 340 g/mol. The minimum Gasteiger partial charge on any atom is -0.329 e. The van der Waals surface area contributed by atoms with Crippen LogP contribution in [0.4, 0.5) is 5.69 Å². The zero-order chi connectivity index (χ0) is 17.0. The summed E-state index contributed by atoms with van der Waals surface area (Å²) in [6, 6.07) is 7.90. The fraction of sp³-hybridized carbons (Fsp3) is 0.235. The van der Waals surface area contributed by atoms with E-state index in [2.05, 4.69) is 0 Å². The number of hydrogen-bond acceptors (Lipinski definition) is 5. The number of rotatable bonds is 3. The smallest absolute Gasteiger partial charge is 0.287 e. The van der Waals surface area contributed by atoms with Gasteiger partial charge >= 0.3 is 0 Å². The Kier molecular flexibility index (Phi) is 3.36. The molecule has 0 spiro atoms. The number of nitrogens with zero attached hydrogens (tertiary/aromatic N) is 3. The van der Waals surface area contributed by atoms with Crippen LogP contribution in [0.25, 0.3) is 22.2 Å². The van der Waals surface area contributed by atoms with Crippen LogP contribution in [0.15, 0.2) is 34.1 Å². The lowest BCUT2D eigenvalue weighted by Crippen LogP contribution is -2.11.